The molecule has 1 N–H and O–H groups in total. The number of furan rings is 1. The van der Waals surface area contributed by atoms with Gasteiger partial charge in [-0.1, -0.05) is 29.5 Å². The highest BCUT2D eigenvalue weighted by Crippen LogP contribution is 2.39. The Kier molecular flexibility index (Phi) is 4.10. The van der Waals surface area contributed by atoms with Crippen molar-refractivity contribution >= 4 is 22.4 Å². The largest absolute Gasteiger partial charge is 0.463 e. The van der Waals surface area contributed by atoms with Crippen molar-refractivity contribution in [3.8, 4) is 21.9 Å². The summed E-state index contributed by atoms with van der Waals surface area (Å²) in [6.07, 6.45) is 5.06. The summed E-state index contributed by atoms with van der Waals surface area (Å²) in [5.41, 5.74) is 2.26. The molecule has 0 fully saturated rings. The summed E-state index contributed by atoms with van der Waals surface area (Å²) in [6, 6.07) is 16.5. The molecule has 0 aliphatic carbocycles. The quantitative estimate of drug-likeness (QED) is 0.580. The molecule has 6 heteroatoms. The van der Waals surface area contributed by atoms with Crippen LogP contribution in [-0.2, 0) is 0 Å². The Labute approximate surface area is 148 Å². The van der Waals surface area contributed by atoms with Gasteiger partial charge in [0.2, 0.25) is 0 Å². The molecular weight excluding hydrogens is 334 g/mol. The van der Waals surface area contributed by atoms with Crippen LogP contribution in [0, 0.1) is 0 Å². The van der Waals surface area contributed by atoms with Crippen LogP contribution in [0.5, 0.6) is 0 Å². The minimum atomic E-state index is -0.193. The second-order valence-electron chi connectivity index (χ2n) is 5.23. The molecule has 3 heterocycles. The minimum Gasteiger partial charge on any atom is -0.463 e. The van der Waals surface area contributed by atoms with Gasteiger partial charge in [-0.15, -0.1) is 0 Å². The van der Waals surface area contributed by atoms with Crippen LogP contribution < -0.4 is 5.32 Å². The molecule has 0 atom stereocenters. The average Bonchev–Trinajstić information content (AvgIpc) is 3.33. The standard InChI is InChI=1S/C19H13N3O2S/c23-18(14-5-2-1-3-6-14)22-19-21-16(15-7-4-12-24-15)17(25-19)13-8-10-20-11-9-13/h1-12H,(H,21,22,23). The van der Waals surface area contributed by atoms with Crippen molar-refractivity contribution in [1.82, 2.24) is 9.97 Å². The summed E-state index contributed by atoms with van der Waals surface area (Å²) in [5, 5.41) is 3.38. The SMILES string of the molecule is O=C(Nc1nc(-c2ccco2)c(-c2ccncc2)s1)c1ccccc1. The Morgan fingerprint density at radius 1 is 1.00 bits per heavy atom. The lowest BCUT2D eigenvalue weighted by molar-refractivity contribution is 0.102. The number of benzene rings is 1. The molecule has 4 rings (SSSR count). The molecule has 1 amide bonds. The van der Waals surface area contributed by atoms with E-state index in [1.807, 2.05) is 42.5 Å². The van der Waals surface area contributed by atoms with E-state index in [1.54, 1.807) is 30.8 Å². The third-order valence-electron chi connectivity index (χ3n) is 3.58. The van der Waals surface area contributed by atoms with E-state index in [2.05, 4.69) is 15.3 Å². The molecule has 0 saturated carbocycles. The molecule has 1 aromatic carbocycles. The molecule has 122 valence electrons. The van der Waals surface area contributed by atoms with Gasteiger partial charge in [0.1, 0.15) is 5.69 Å². The lowest BCUT2D eigenvalue weighted by Gasteiger charge is -2.00. The van der Waals surface area contributed by atoms with Crippen LogP contribution in [0.1, 0.15) is 10.4 Å². The lowest BCUT2D eigenvalue weighted by Crippen LogP contribution is -2.11. The van der Waals surface area contributed by atoms with E-state index in [0.29, 0.717) is 22.1 Å². The number of nitrogens with zero attached hydrogens (tertiary/aromatic N) is 2. The van der Waals surface area contributed by atoms with Gasteiger partial charge in [0.05, 0.1) is 11.1 Å². The minimum absolute atomic E-state index is 0.193. The summed E-state index contributed by atoms with van der Waals surface area (Å²) in [5.74, 6) is 0.463. The average molecular weight is 347 g/mol. The molecule has 0 saturated heterocycles. The Balaban J connectivity index is 1.71. The Morgan fingerprint density at radius 3 is 2.52 bits per heavy atom. The number of thiazole rings is 1. The fourth-order valence-corrected chi connectivity index (χ4v) is 3.38. The zero-order valence-electron chi connectivity index (χ0n) is 13.0. The predicted octanol–water partition coefficient (Wildman–Crippen LogP) is 4.72. The first kappa shape index (κ1) is 15.3. The number of hydrogen-bond donors (Lipinski definition) is 1. The maximum atomic E-state index is 12.4. The molecule has 0 bridgehead atoms. The number of aromatic nitrogens is 2. The molecule has 25 heavy (non-hydrogen) atoms. The normalized spacial score (nSPS) is 10.6. The highest BCUT2D eigenvalue weighted by Gasteiger charge is 2.18. The van der Waals surface area contributed by atoms with Crippen molar-refractivity contribution in [3.63, 3.8) is 0 Å². The number of anilines is 1. The van der Waals surface area contributed by atoms with E-state index in [0.717, 1.165) is 10.4 Å². The molecule has 0 radical (unpaired) electrons. The Hall–Kier alpha value is -3.25. The molecule has 4 aromatic rings. The van der Waals surface area contributed by atoms with Crippen LogP contribution in [0.2, 0.25) is 0 Å². The number of rotatable bonds is 4. The van der Waals surface area contributed by atoms with Crippen molar-refractivity contribution in [2.45, 2.75) is 0 Å². The zero-order chi connectivity index (χ0) is 17.1. The first-order chi connectivity index (χ1) is 12.3. The van der Waals surface area contributed by atoms with Crippen molar-refractivity contribution in [2.24, 2.45) is 0 Å². The van der Waals surface area contributed by atoms with E-state index in [9.17, 15) is 4.79 Å². The number of nitrogens with one attached hydrogen (secondary N) is 1. The summed E-state index contributed by atoms with van der Waals surface area (Å²) in [4.78, 5) is 21.9. The Bertz CT molecular complexity index is 980. The second kappa shape index (κ2) is 6.70. The summed E-state index contributed by atoms with van der Waals surface area (Å²) >= 11 is 1.40. The van der Waals surface area contributed by atoms with Gasteiger partial charge in [0, 0.05) is 18.0 Å². The third kappa shape index (κ3) is 3.20. The van der Waals surface area contributed by atoms with Crippen molar-refractivity contribution in [3.05, 3.63) is 78.8 Å². The predicted molar refractivity (Wildman–Crippen MR) is 97.4 cm³/mol. The van der Waals surface area contributed by atoms with Gasteiger partial charge in [-0.25, -0.2) is 4.98 Å². The highest BCUT2D eigenvalue weighted by atomic mass is 32.1. The number of carbonyl (C=O) groups excluding carboxylic acids is 1. The number of carbonyl (C=O) groups is 1. The van der Waals surface area contributed by atoms with Gasteiger partial charge in [-0.2, -0.15) is 0 Å². The maximum absolute atomic E-state index is 12.4. The van der Waals surface area contributed by atoms with Crippen molar-refractivity contribution in [2.75, 3.05) is 5.32 Å². The van der Waals surface area contributed by atoms with Gasteiger partial charge in [0.25, 0.3) is 5.91 Å². The second-order valence-corrected chi connectivity index (χ2v) is 6.23. The molecule has 0 spiro atoms. The van der Waals surface area contributed by atoms with Gasteiger partial charge in [-0.05, 0) is 42.0 Å². The van der Waals surface area contributed by atoms with Crippen molar-refractivity contribution in [1.29, 1.82) is 0 Å². The van der Waals surface area contributed by atoms with Gasteiger partial charge in [0.15, 0.2) is 10.9 Å². The first-order valence-corrected chi connectivity index (χ1v) is 8.44. The maximum Gasteiger partial charge on any atom is 0.257 e. The smallest absolute Gasteiger partial charge is 0.257 e. The van der Waals surface area contributed by atoms with E-state index in [-0.39, 0.29) is 5.91 Å². The topological polar surface area (TPSA) is 68.0 Å². The van der Waals surface area contributed by atoms with Gasteiger partial charge >= 0.3 is 0 Å². The molecule has 0 unspecified atom stereocenters. The Morgan fingerprint density at radius 2 is 1.80 bits per heavy atom. The molecule has 0 aliphatic heterocycles. The van der Waals surface area contributed by atoms with E-state index in [4.69, 9.17) is 4.42 Å². The number of hydrogen-bond acceptors (Lipinski definition) is 5. The number of pyridine rings is 1. The van der Waals surface area contributed by atoms with Crippen LogP contribution in [0.3, 0.4) is 0 Å². The van der Waals surface area contributed by atoms with E-state index < -0.39 is 0 Å². The molecule has 5 nitrogen and oxygen atoms in total. The summed E-state index contributed by atoms with van der Waals surface area (Å²) in [7, 11) is 0. The summed E-state index contributed by atoms with van der Waals surface area (Å²) < 4.78 is 5.50. The van der Waals surface area contributed by atoms with E-state index >= 15 is 0 Å². The van der Waals surface area contributed by atoms with Gasteiger partial charge < -0.3 is 4.42 Å². The third-order valence-corrected chi connectivity index (χ3v) is 4.60. The molecule has 3 aromatic heterocycles. The highest BCUT2D eigenvalue weighted by molar-refractivity contribution is 7.19. The summed E-state index contributed by atoms with van der Waals surface area (Å²) in [6.45, 7) is 0. The molecular formula is C19H13N3O2S. The number of amides is 1. The van der Waals surface area contributed by atoms with Crippen LogP contribution in [0.25, 0.3) is 21.9 Å². The zero-order valence-corrected chi connectivity index (χ0v) is 13.9. The van der Waals surface area contributed by atoms with Crippen LogP contribution in [-0.4, -0.2) is 15.9 Å². The van der Waals surface area contributed by atoms with Crippen LogP contribution in [0.4, 0.5) is 5.13 Å². The fraction of sp³-hybridized carbons (Fsp3) is 0. The van der Waals surface area contributed by atoms with E-state index in [1.165, 1.54) is 11.3 Å². The van der Waals surface area contributed by atoms with Crippen LogP contribution in [0.15, 0.2) is 77.7 Å². The lowest BCUT2D eigenvalue weighted by atomic mass is 10.2. The van der Waals surface area contributed by atoms with Crippen LogP contribution >= 0.6 is 11.3 Å². The fourth-order valence-electron chi connectivity index (χ4n) is 2.41. The molecule has 0 aliphatic rings. The van der Waals surface area contributed by atoms with Gasteiger partial charge in [-0.3, -0.25) is 15.1 Å². The first-order valence-electron chi connectivity index (χ1n) is 7.63. The monoisotopic (exact) mass is 347 g/mol. The van der Waals surface area contributed by atoms with Crippen molar-refractivity contribution < 1.29 is 9.21 Å².